The molecular formula is C14H13N3OS2. The van der Waals surface area contributed by atoms with Gasteiger partial charge in [0.25, 0.3) is 5.91 Å². The van der Waals surface area contributed by atoms with E-state index in [1.165, 1.54) is 16.0 Å². The quantitative estimate of drug-likeness (QED) is 0.806. The average molecular weight is 303 g/mol. The lowest BCUT2D eigenvalue weighted by atomic mass is 10.3. The third-order valence-corrected chi connectivity index (χ3v) is 4.68. The SMILES string of the molecule is Cc1nc(C(=O)NCCc2nc3ccccc3s2)cs1. The Balaban J connectivity index is 1.58. The number of hydrogen-bond acceptors (Lipinski definition) is 5. The van der Waals surface area contributed by atoms with Crippen molar-refractivity contribution in [1.82, 2.24) is 15.3 Å². The predicted molar refractivity (Wildman–Crippen MR) is 82.5 cm³/mol. The summed E-state index contributed by atoms with van der Waals surface area (Å²) in [5.41, 5.74) is 1.52. The molecule has 0 saturated heterocycles. The number of para-hydroxylation sites is 1. The molecule has 0 fully saturated rings. The zero-order valence-electron chi connectivity index (χ0n) is 10.9. The second-order valence-corrected chi connectivity index (χ2v) is 6.51. The molecule has 20 heavy (non-hydrogen) atoms. The standard InChI is InChI=1S/C14H13N3OS2/c1-9-16-11(8-19-9)14(18)15-7-6-13-17-10-4-2-3-5-12(10)20-13/h2-5,8H,6-7H2,1H3,(H,15,18). The molecule has 4 nitrogen and oxygen atoms in total. The smallest absolute Gasteiger partial charge is 0.270 e. The van der Waals surface area contributed by atoms with Gasteiger partial charge in [0.1, 0.15) is 5.69 Å². The van der Waals surface area contributed by atoms with Crippen molar-refractivity contribution in [3.05, 3.63) is 45.4 Å². The van der Waals surface area contributed by atoms with Crippen molar-refractivity contribution < 1.29 is 4.79 Å². The predicted octanol–water partition coefficient (Wildman–Crippen LogP) is 3.03. The Kier molecular flexibility index (Phi) is 3.75. The minimum Gasteiger partial charge on any atom is -0.350 e. The van der Waals surface area contributed by atoms with Gasteiger partial charge in [0.2, 0.25) is 0 Å². The van der Waals surface area contributed by atoms with Crippen molar-refractivity contribution in [2.45, 2.75) is 13.3 Å². The number of amides is 1. The first kappa shape index (κ1) is 13.2. The third-order valence-electron chi connectivity index (χ3n) is 2.81. The molecule has 0 saturated carbocycles. The molecule has 102 valence electrons. The Morgan fingerprint density at radius 2 is 2.15 bits per heavy atom. The minimum atomic E-state index is -0.115. The van der Waals surface area contributed by atoms with Crippen LogP contribution in [0.1, 0.15) is 20.5 Å². The Labute approximate surface area is 124 Å². The Bertz CT molecular complexity index is 715. The van der Waals surface area contributed by atoms with Gasteiger partial charge in [-0.2, -0.15) is 0 Å². The second kappa shape index (κ2) is 5.68. The molecule has 0 aliphatic rings. The van der Waals surface area contributed by atoms with E-state index in [0.29, 0.717) is 12.2 Å². The molecular weight excluding hydrogens is 290 g/mol. The normalized spacial score (nSPS) is 10.8. The van der Waals surface area contributed by atoms with Crippen LogP contribution in [0.3, 0.4) is 0 Å². The van der Waals surface area contributed by atoms with Crippen molar-refractivity contribution >= 4 is 38.8 Å². The van der Waals surface area contributed by atoms with Crippen molar-refractivity contribution in [1.29, 1.82) is 0 Å². The van der Waals surface area contributed by atoms with Crippen LogP contribution in [0.15, 0.2) is 29.6 Å². The van der Waals surface area contributed by atoms with Crippen molar-refractivity contribution in [2.24, 2.45) is 0 Å². The van der Waals surface area contributed by atoms with Gasteiger partial charge in [-0.3, -0.25) is 4.79 Å². The van der Waals surface area contributed by atoms with E-state index in [4.69, 9.17) is 0 Å². The summed E-state index contributed by atoms with van der Waals surface area (Å²) in [5.74, 6) is -0.115. The highest BCUT2D eigenvalue weighted by Crippen LogP contribution is 2.21. The topological polar surface area (TPSA) is 54.9 Å². The summed E-state index contributed by atoms with van der Waals surface area (Å²) in [4.78, 5) is 20.5. The highest BCUT2D eigenvalue weighted by atomic mass is 32.1. The van der Waals surface area contributed by atoms with Gasteiger partial charge in [-0.15, -0.1) is 22.7 Å². The summed E-state index contributed by atoms with van der Waals surface area (Å²) in [6.45, 7) is 2.47. The first-order valence-corrected chi connectivity index (χ1v) is 7.97. The summed E-state index contributed by atoms with van der Waals surface area (Å²) in [7, 11) is 0. The van der Waals surface area contributed by atoms with Crippen LogP contribution in [0.2, 0.25) is 0 Å². The molecule has 0 radical (unpaired) electrons. The fourth-order valence-corrected chi connectivity index (χ4v) is 3.43. The Hall–Kier alpha value is -1.79. The van der Waals surface area contributed by atoms with Crippen LogP contribution >= 0.6 is 22.7 Å². The van der Waals surface area contributed by atoms with E-state index in [0.717, 1.165) is 22.0 Å². The maximum Gasteiger partial charge on any atom is 0.270 e. The molecule has 0 aliphatic carbocycles. The van der Waals surface area contributed by atoms with E-state index in [-0.39, 0.29) is 5.91 Å². The lowest BCUT2D eigenvalue weighted by Gasteiger charge is -2.00. The number of carbonyl (C=O) groups is 1. The maximum absolute atomic E-state index is 11.8. The number of aromatic nitrogens is 2. The van der Waals surface area contributed by atoms with Crippen LogP contribution in [0.5, 0.6) is 0 Å². The Morgan fingerprint density at radius 3 is 2.90 bits per heavy atom. The number of thiazole rings is 2. The zero-order chi connectivity index (χ0) is 13.9. The highest BCUT2D eigenvalue weighted by Gasteiger charge is 2.09. The number of benzene rings is 1. The summed E-state index contributed by atoms with van der Waals surface area (Å²) in [6.07, 6.45) is 0.744. The first-order chi connectivity index (χ1) is 9.72. The molecule has 2 aromatic heterocycles. The fraction of sp³-hybridized carbons (Fsp3) is 0.214. The maximum atomic E-state index is 11.8. The number of carbonyl (C=O) groups excluding carboxylic acids is 1. The van der Waals surface area contributed by atoms with Crippen LogP contribution < -0.4 is 5.32 Å². The van der Waals surface area contributed by atoms with Gasteiger partial charge < -0.3 is 5.32 Å². The molecule has 2 heterocycles. The monoisotopic (exact) mass is 303 g/mol. The molecule has 1 aromatic carbocycles. The molecule has 0 spiro atoms. The largest absolute Gasteiger partial charge is 0.350 e. The molecule has 3 rings (SSSR count). The summed E-state index contributed by atoms with van der Waals surface area (Å²) in [6, 6.07) is 8.06. The number of fused-ring (bicyclic) bond motifs is 1. The fourth-order valence-electron chi connectivity index (χ4n) is 1.87. The van der Waals surface area contributed by atoms with Gasteiger partial charge in [0.15, 0.2) is 0 Å². The summed E-state index contributed by atoms with van der Waals surface area (Å²) in [5, 5.41) is 6.60. The molecule has 1 N–H and O–H groups in total. The van der Waals surface area contributed by atoms with Crippen molar-refractivity contribution in [3.8, 4) is 0 Å². The third kappa shape index (κ3) is 2.86. The molecule has 6 heteroatoms. The van der Waals surface area contributed by atoms with Crippen LogP contribution in [0, 0.1) is 6.92 Å². The van der Waals surface area contributed by atoms with Gasteiger partial charge >= 0.3 is 0 Å². The highest BCUT2D eigenvalue weighted by molar-refractivity contribution is 7.18. The molecule has 0 atom stereocenters. The van der Waals surface area contributed by atoms with E-state index >= 15 is 0 Å². The summed E-state index contributed by atoms with van der Waals surface area (Å²) < 4.78 is 1.18. The molecule has 0 unspecified atom stereocenters. The zero-order valence-corrected chi connectivity index (χ0v) is 12.6. The Morgan fingerprint density at radius 1 is 1.30 bits per heavy atom. The lowest BCUT2D eigenvalue weighted by molar-refractivity contribution is 0.0949. The molecule has 0 bridgehead atoms. The summed E-state index contributed by atoms with van der Waals surface area (Å²) >= 11 is 3.16. The lowest BCUT2D eigenvalue weighted by Crippen LogP contribution is -2.25. The van der Waals surface area contributed by atoms with Gasteiger partial charge in [0, 0.05) is 18.3 Å². The number of aryl methyl sites for hydroxylation is 1. The minimum absolute atomic E-state index is 0.115. The van der Waals surface area contributed by atoms with E-state index in [1.54, 1.807) is 16.7 Å². The van der Waals surface area contributed by atoms with Crippen LogP contribution in [0.4, 0.5) is 0 Å². The molecule has 1 amide bonds. The van der Waals surface area contributed by atoms with Gasteiger partial charge in [-0.1, -0.05) is 12.1 Å². The van der Waals surface area contributed by atoms with E-state index in [1.807, 2.05) is 25.1 Å². The van der Waals surface area contributed by atoms with Crippen LogP contribution in [0.25, 0.3) is 10.2 Å². The van der Waals surface area contributed by atoms with E-state index in [9.17, 15) is 4.79 Å². The van der Waals surface area contributed by atoms with Gasteiger partial charge in [-0.05, 0) is 19.1 Å². The first-order valence-electron chi connectivity index (χ1n) is 6.27. The molecule has 0 aliphatic heterocycles. The number of rotatable bonds is 4. The van der Waals surface area contributed by atoms with Crippen molar-refractivity contribution in [3.63, 3.8) is 0 Å². The number of hydrogen-bond donors (Lipinski definition) is 1. The van der Waals surface area contributed by atoms with Crippen molar-refractivity contribution in [2.75, 3.05) is 6.54 Å². The number of nitrogens with one attached hydrogen (secondary N) is 1. The average Bonchev–Trinajstić information content (AvgIpc) is 3.04. The van der Waals surface area contributed by atoms with Crippen LogP contribution in [-0.2, 0) is 6.42 Å². The van der Waals surface area contributed by atoms with E-state index in [2.05, 4.69) is 21.4 Å². The van der Waals surface area contributed by atoms with Gasteiger partial charge in [0.05, 0.1) is 20.2 Å². The van der Waals surface area contributed by atoms with Gasteiger partial charge in [-0.25, -0.2) is 9.97 Å². The second-order valence-electron chi connectivity index (χ2n) is 4.33. The number of nitrogens with zero attached hydrogens (tertiary/aromatic N) is 2. The van der Waals surface area contributed by atoms with E-state index < -0.39 is 0 Å². The molecule has 3 aromatic rings. The van der Waals surface area contributed by atoms with Crippen LogP contribution in [-0.4, -0.2) is 22.4 Å².